The number of aliphatic hydroxyl groups excluding tert-OH is 1. The van der Waals surface area contributed by atoms with Crippen LogP contribution in [-0.4, -0.2) is 79.7 Å². The van der Waals surface area contributed by atoms with Gasteiger partial charge in [0.25, 0.3) is 11.7 Å². The van der Waals surface area contributed by atoms with E-state index in [0.717, 1.165) is 24.2 Å². The summed E-state index contributed by atoms with van der Waals surface area (Å²) in [5, 5.41) is 11.3. The Bertz CT molecular complexity index is 1110. The number of carbonyl (C=O) groups is 2. The van der Waals surface area contributed by atoms with E-state index in [9.17, 15) is 14.7 Å². The van der Waals surface area contributed by atoms with Crippen LogP contribution in [0.1, 0.15) is 29.7 Å². The van der Waals surface area contributed by atoms with Crippen LogP contribution in [-0.2, 0) is 14.3 Å². The van der Waals surface area contributed by atoms with Gasteiger partial charge in [0.2, 0.25) is 0 Å². The van der Waals surface area contributed by atoms with E-state index in [1.165, 1.54) is 0 Å². The molecule has 2 aromatic rings. The Morgan fingerprint density at radius 2 is 1.80 bits per heavy atom. The van der Waals surface area contributed by atoms with Gasteiger partial charge in [-0.15, -0.1) is 0 Å². The predicted octanol–water partition coefficient (Wildman–Crippen LogP) is 3.16. The second-order valence-electron chi connectivity index (χ2n) is 8.63. The van der Waals surface area contributed by atoms with Crippen LogP contribution >= 0.6 is 0 Å². The minimum atomic E-state index is -0.700. The van der Waals surface area contributed by atoms with Crippen LogP contribution in [0, 0.1) is 6.92 Å². The van der Waals surface area contributed by atoms with Crippen molar-refractivity contribution in [2.24, 2.45) is 0 Å². The van der Waals surface area contributed by atoms with E-state index in [0.29, 0.717) is 50.0 Å². The highest BCUT2D eigenvalue weighted by Crippen LogP contribution is 2.40. The maximum atomic E-state index is 13.3. The van der Waals surface area contributed by atoms with E-state index in [1.54, 1.807) is 30.2 Å². The summed E-state index contributed by atoms with van der Waals surface area (Å²) in [5.41, 5.74) is 2.10. The van der Waals surface area contributed by atoms with Gasteiger partial charge in [-0.05, 0) is 55.3 Å². The Hall–Kier alpha value is -3.36. The Balaban J connectivity index is 1.73. The normalized spacial score (nSPS) is 20.3. The van der Waals surface area contributed by atoms with Crippen LogP contribution in [0.4, 0.5) is 0 Å². The van der Waals surface area contributed by atoms with Crippen LogP contribution in [0.2, 0.25) is 0 Å². The quantitative estimate of drug-likeness (QED) is 0.353. The fraction of sp³-hybridized carbons (Fsp3) is 0.407. The number of rotatable bonds is 8. The monoisotopic (exact) mass is 480 g/mol. The number of ketones is 1. The first-order chi connectivity index (χ1) is 16.9. The van der Waals surface area contributed by atoms with Crippen molar-refractivity contribution in [2.45, 2.75) is 19.9 Å². The molecule has 0 unspecified atom stereocenters. The lowest BCUT2D eigenvalue weighted by atomic mass is 9.94. The lowest BCUT2D eigenvalue weighted by molar-refractivity contribution is -0.140. The molecule has 4 rings (SSSR count). The summed E-state index contributed by atoms with van der Waals surface area (Å²) in [7, 11) is 1.58. The molecule has 186 valence electrons. The maximum absolute atomic E-state index is 13.3. The van der Waals surface area contributed by atoms with Crippen LogP contribution in [0.15, 0.2) is 48.0 Å². The molecule has 2 aliphatic rings. The summed E-state index contributed by atoms with van der Waals surface area (Å²) in [5.74, 6) is -0.106. The van der Waals surface area contributed by atoms with Gasteiger partial charge in [-0.25, -0.2) is 0 Å². The fourth-order valence-corrected chi connectivity index (χ4v) is 4.63. The zero-order valence-electron chi connectivity index (χ0n) is 20.5. The standard InChI is InChI=1S/C27H32N2O6/c1-4-35-21-8-5-19(6-9-21)24-23(25(30)20-7-10-22(33-3)18(2)17-20)26(31)27(32)29(24)12-11-28-13-15-34-16-14-28/h5-10,17,24,30H,4,11-16H2,1-3H3/b25-23+/t24-/m1/s1. The summed E-state index contributed by atoms with van der Waals surface area (Å²) in [6.45, 7) is 8.15. The number of nitrogens with zero attached hydrogens (tertiary/aromatic N) is 2. The predicted molar refractivity (Wildman–Crippen MR) is 132 cm³/mol. The van der Waals surface area contributed by atoms with E-state index in [2.05, 4.69) is 4.90 Å². The summed E-state index contributed by atoms with van der Waals surface area (Å²) >= 11 is 0. The average molecular weight is 481 g/mol. The molecule has 0 aliphatic carbocycles. The Labute approximate surface area is 205 Å². The van der Waals surface area contributed by atoms with Crippen molar-refractivity contribution in [3.8, 4) is 11.5 Å². The first-order valence-electron chi connectivity index (χ1n) is 11.9. The molecule has 2 fully saturated rings. The Morgan fingerprint density at radius 3 is 2.43 bits per heavy atom. The number of methoxy groups -OCH3 is 1. The van der Waals surface area contributed by atoms with Crippen molar-refractivity contribution in [1.29, 1.82) is 0 Å². The van der Waals surface area contributed by atoms with Gasteiger partial charge in [0.1, 0.15) is 17.3 Å². The molecule has 0 spiro atoms. The van der Waals surface area contributed by atoms with E-state index >= 15 is 0 Å². The largest absolute Gasteiger partial charge is 0.507 e. The minimum absolute atomic E-state index is 0.0886. The third-order valence-corrected chi connectivity index (χ3v) is 6.48. The van der Waals surface area contributed by atoms with Gasteiger partial charge >= 0.3 is 0 Å². The second kappa shape index (κ2) is 10.9. The number of hydrogen-bond donors (Lipinski definition) is 1. The van der Waals surface area contributed by atoms with E-state index < -0.39 is 17.7 Å². The number of carbonyl (C=O) groups excluding carboxylic acids is 2. The molecule has 2 aliphatic heterocycles. The molecular formula is C27H32N2O6. The molecule has 2 saturated heterocycles. The number of amides is 1. The Kier molecular flexibility index (Phi) is 7.73. The van der Waals surface area contributed by atoms with Gasteiger partial charge in [-0.2, -0.15) is 0 Å². The smallest absolute Gasteiger partial charge is 0.295 e. The van der Waals surface area contributed by atoms with Crippen LogP contribution in [0.25, 0.3) is 5.76 Å². The highest BCUT2D eigenvalue weighted by molar-refractivity contribution is 6.46. The molecule has 0 aromatic heterocycles. The van der Waals surface area contributed by atoms with Gasteiger partial charge in [-0.3, -0.25) is 14.5 Å². The lowest BCUT2D eigenvalue weighted by Gasteiger charge is -2.31. The zero-order valence-corrected chi connectivity index (χ0v) is 20.5. The highest BCUT2D eigenvalue weighted by Gasteiger charge is 2.46. The van der Waals surface area contributed by atoms with Crippen LogP contribution in [0.3, 0.4) is 0 Å². The lowest BCUT2D eigenvalue weighted by Crippen LogP contribution is -2.42. The number of aryl methyl sites for hydroxylation is 1. The third kappa shape index (κ3) is 5.18. The average Bonchev–Trinajstić information content (AvgIpc) is 3.13. The van der Waals surface area contributed by atoms with Gasteiger partial charge in [0.15, 0.2) is 0 Å². The summed E-state index contributed by atoms with van der Waals surface area (Å²) in [6.07, 6.45) is 0. The van der Waals surface area contributed by atoms with E-state index in [4.69, 9.17) is 14.2 Å². The molecule has 1 atom stereocenters. The van der Waals surface area contributed by atoms with Crippen molar-refractivity contribution >= 4 is 17.4 Å². The van der Waals surface area contributed by atoms with Crippen molar-refractivity contribution in [2.75, 3.05) is 53.1 Å². The molecule has 1 amide bonds. The Morgan fingerprint density at radius 1 is 1.09 bits per heavy atom. The number of likely N-dealkylation sites (tertiary alicyclic amines) is 1. The number of benzene rings is 2. The topological polar surface area (TPSA) is 88.5 Å². The first-order valence-corrected chi connectivity index (χ1v) is 11.9. The van der Waals surface area contributed by atoms with Crippen molar-refractivity contribution < 1.29 is 28.9 Å². The van der Waals surface area contributed by atoms with Gasteiger partial charge in [0, 0.05) is 31.7 Å². The SMILES string of the molecule is CCOc1ccc([C@@H]2/C(=C(\O)c3ccc(OC)c(C)c3)C(=O)C(=O)N2CCN2CCOCC2)cc1. The maximum Gasteiger partial charge on any atom is 0.295 e. The summed E-state index contributed by atoms with van der Waals surface area (Å²) in [6, 6.07) is 11.8. The number of aliphatic hydroxyl groups is 1. The fourth-order valence-electron chi connectivity index (χ4n) is 4.63. The van der Waals surface area contributed by atoms with Gasteiger partial charge in [0.05, 0.1) is 38.5 Å². The highest BCUT2D eigenvalue weighted by atomic mass is 16.5. The van der Waals surface area contributed by atoms with Crippen molar-refractivity contribution in [1.82, 2.24) is 9.80 Å². The molecule has 2 aromatic carbocycles. The van der Waals surface area contributed by atoms with Crippen LogP contribution < -0.4 is 9.47 Å². The van der Waals surface area contributed by atoms with Crippen molar-refractivity contribution in [3.63, 3.8) is 0 Å². The molecule has 8 heteroatoms. The molecule has 2 heterocycles. The number of Topliss-reactive ketones (excluding diaryl/α,β-unsaturated/α-hetero) is 1. The van der Waals surface area contributed by atoms with Gasteiger partial charge < -0.3 is 24.2 Å². The second-order valence-corrected chi connectivity index (χ2v) is 8.63. The summed E-state index contributed by atoms with van der Waals surface area (Å²) < 4.78 is 16.3. The molecule has 0 saturated carbocycles. The number of morpholine rings is 1. The number of hydrogen-bond acceptors (Lipinski definition) is 7. The molecule has 1 N–H and O–H groups in total. The zero-order chi connectivity index (χ0) is 24.9. The first kappa shape index (κ1) is 24.8. The molecule has 0 bridgehead atoms. The molecule has 8 nitrogen and oxygen atoms in total. The number of ether oxygens (including phenoxy) is 3. The molecular weight excluding hydrogens is 448 g/mol. The molecule has 0 radical (unpaired) electrons. The van der Waals surface area contributed by atoms with Gasteiger partial charge in [-0.1, -0.05) is 12.1 Å². The minimum Gasteiger partial charge on any atom is -0.507 e. The van der Waals surface area contributed by atoms with E-state index in [-0.39, 0.29) is 11.3 Å². The van der Waals surface area contributed by atoms with Crippen molar-refractivity contribution in [3.05, 3.63) is 64.7 Å². The van der Waals surface area contributed by atoms with E-state index in [1.807, 2.05) is 38.1 Å². The summed E-state index contributed by atoms with van der Waals surface area (Å²) in [4.78, 5) is 30.2. The third-order valence-electron chi connectivity index (χ3n) is 6.48. The van der Waals surface area contributed by atoms with Crippen LogP contribution in [0.5, 0.6) is 11.5 Å². The molecule has 35 heavy (non-hydrogen) atoms.